The van der Waals surface area contributed by atoms with Gasteiger partial charge in [0, 0.05) is 32.0 Å². The van der Waals surface area contributed by atoms with E-state index in [1.54, 1.807) is 19.3 Å². The van der Waals surface area contributed by atoms with Crippen LogP contribution in [0.5, 0.6) is 0 Å². The fraction of sp³-hybridized carbons (Fsp3) is 0.615. The molecule has 6 nitrogen and oxygen atoms in total. The van der Waals surface area contributed by atoms with Gasteiger partial charge in [-0.05, 0) is 32.0 Å². The molecule has 0 saturated carbocycles. The van der Waals surface area contributed by atoms with Crippen LogP contribution in [0.4, 0.5) is 5.69 Å². The molecule has 7 heteroatoms. The highest BCUT2D eigenvalue weighted by Gasteiger charge is 2.26. The molecule has 20 heavy (non-hydrogen) atoms. The summed E-state index contributed by atoms with van der Waals surface area (Å²) in [7, 11) is -1.83. The minimum atomic E-state index is -3.52. The molecule has 1 fully saturated rings. The van der Waals surface area contributed by atoms with E-state index in [4.69, 9.17) is 0 Å². The first-order valence-electron chi connectivity index (χ1n) is 6.94. The molecule has 1 unspecified atom stereocenters. The van der Waals surface area contributed by atoms with Gasteiger partial charge in [-0.15, -0.1) is 0 Å². The molecule has 112 valence electrons. The molecule has 0 bridgehead atoms. The lowest BCUT2D eigenvalue weighted by Gasteiger charge is -2.23. The van der Waals surface area contributed by atoms with Gasteiger partial charge in [0.25, 0.3) is 0 Å². The Labute approximate surface area is 120 Å². The van der Waals surface area contributed by atoms with Crippen molar-refractivity contribution in [3.8, 4) is 0 Å². The third kappa shape index (κ3) is 3.28. The number of likely N-dealkylation sites (N-methyl/N-ethyl adjacent to an activating group) is 1. The van der Waals surface area contributed by atoms with Crippen molar-refractivity contribution in [1.29, 1.82) is 0 Å². The number of nitrogens with zero attached hydrogens (tertiary/aromatic N) is 2. The number of rotatable bonds is 6. The van der Waals surface area contributed by atoms with Crippen LogP contribution in [0.1, 0.15) is 19.8 Å². The van der Waals surface area contributed by atoms with Crippen molar-refractivity contribution < 1.29 is 8.42 Å². The van der Waals surface area contributed by atoms with E-state index in [0.29, 0.717) is 18.3 Å². The van der Waals surface area contributed by atoms with Gasteiger partial charge >= 0.3 is 0 Å². The summed E-state index contributed by atoms with van der Waals surface area (Å²) in [5, 5.41) is 2.88. The molecule has 1 atom stereocenters. The molecule has 0 aromatic carbocycles. The van der Waals surface area contributed by atoms with Gasteiger partial charge in [0.2, 0.25) is 10.0 Å². The quantitative estimate of drug-likeness (QED) is 0.816. The average molecular weight is 298 g/mol. The predicted molar refractivity (Wildman–Crippen MR) is 79.2 cm³/mol. The van der Waals surface area contributed by atoms with E-state index in [0.717, 1.165) is 25.9 Å². The van der Waals surface area contributed by atoms with Crippen LogP contribution < -0.4 is 10.0 Å². The van der Waals surface area contributed by atoms with Gasteiger partial charge in [-0.1, -0.05) is 6.92 Å². The number of hydrogen-bond acceptors (Lipinski definition) is 5. The smallest absolute Gasteiger partial charge is 0.244 e. The van der Waals surface area contributed by atoms with Crippen LogP contribution in [0.3, 0.4) is 0 Å². The van der Waals surface area contributed by atoms with Crippen LogP contribution in [0.25, 0.3) is 0 Å². The number of nitrogens with one attached hydrogen (secondary N) is 2. The summed E-state index contributed by atoms with van der Waals surface area (Å²) in [4.78, 5) is 6.41. The maximum atomic E-state index is 12.4. The molecule has 2 rings (SSSR count). The minimum absolute atomic E-state index is 0.198. The third-order valence-electron chi connectivity index (χ3n) is 3.76. The largest absolute Gasteiger partial charge is 0.387 e. The molecule has 0 amide bonds. The Morgan fingerprint density at radius 3 is 3.00 bits per heavy atom. The third-order valence-corrected chi connectivity index (χ3v) is 5.21. The van der Waals surface area contributed by atoms with Crippen molar-refractivity contribution in [3.63, 3.8) is 0 Å². The van der Waals surface area contributed by atoms with E-state index < -0.39 is 10.0 Å². The second-order valence-electron chi connectivity index (χ2n) is 4.90. The zero-order valence-electron chi connectivity index (χ0n) is 12.0. The first kappa shape index (κ1) is 15.2. The van der Waals surface area contributed by atoms with Gasteiger partial charge in [-0.25, -0.2) is 13.1 Å². The predicted octanol–water partition coefficient (Wildman–Crippen LogP) is 0.886. The van der Waals surface area contributed by atoms with Crippen LogP contribution in [-0.4, -0.2) is 51.0 Å². The van der Waals surface area contributed by atoms with Crippen molar-refractivity contribution in [2.45, 2.75) is 30.7 Å². The zero-order valence-corrected chi connectivity index (χ0v) is 12.8. The van der Waals surface area contributed by atoms with Crippen LogP contribution in [0, 0.1) is 0 Å². The van der Waals surface area contributed by atoms with E-state index in [-0.39, 0.29) is 4.90 Å². The van der Waals surface area contributed by atoms with E-state index in [1.165, 1.54) is 6.20 Å². The summed E-state index contributed by atoms with van der Waals surface area (Å²) in [6.45, 7) is 4.57. The maximum absolute atomic E-state index is 12.4. The highest BCUT2D eigenvalue weighted by molar-refractivity contribution is 7.89. The van der Waals surface area contributed by atoms with Gasteiger partial charge in [0.05, 0.1) is 5.69 Å². The lowest BCUT2D eigenvalue weighted by Crippen LogP contribution is -2.40. The fourth-order valence-corrected chi connectivity index (χ4v) is 3.85. The molecular weight excluding hydrogens is 276 g/mol. The first-order valence-corrected chi connectivity index (χ1v) is 8.42. The van der Waals surface area contributed by atoms with Crippen molar-refractivity contribution in [2.24, 2.45) is 0 Å². The number of likely N-dealkylation sites (tertiary alicyclic amines) is 1. The van der Waals surface area contributed by atoms with Crippen LogP contribution >= 0.6 is 0 Å². The summed E-state index contributed by atoms with van der Waals surface area (Å²) >= 11 is 0. The van der Waals surface area contributed by atoms with Crippen molar-refractivity contribution in [2.75, 3.05) is 32.0 Å². The van der Waals surface area contributed by atoms with Crippen molar-refractivity contribution in [3.05, 3.63) is 18.5 Å². The molecule has 0 radical (unpaired) electrons. The maximum Gasteiger partial charge on any atom is 0.244 e. The molecule has 1 aromatic heterocycles. The number of hydrogen-bond donors (Lipinski definition) is 2. The van der Waals surface area contributed by atoms with Gasteiger partial charge in [-0.3, -0.25) is 9.88 Å². The summed E-state index contributed by atoms with van der Waals surface area (Å²) in [5.74, 6) is 0. The van der Waals surface area contributed by atoms with E-state index >= 15 is 0 Å². The molecule has 1 saturated heterocycles. The molecule has 1 aliphatic rings. The van der Waals surface area contributed by atoms with Gasteiger partial charge in [-0.2, -0.15) is 0 Å². The van der Waals surface area contributed by atoms with E-state index in [1.807, 2.05) is 0 Å². The Morgan fingerprint density at radius 1 is 1.50 bits per heavy atom. The Hall–Kier alpha value is -1.18. The molecule has 0 spiro atoms. The molecule has 2 heterocycles. The monoisotopic (exact) mass is 298 g/mol. The van der Waals surface area contributed by atoms with Crippen LogP contribution in [-0.2, 0) is 10.0 Å². The van der Waals surface area contributed by atoms with Gasteiger partial charge in [0.15, 0.2) is 0 Å². The van der Waals surface area contributed by atoms with E-state index in [9.17, 15) is 8.42 Å². The molecule has 0 aliphatic carbocycles. The highest BCUT2D eigenvalue weighted by Crippen LogP contribution is 2.20. The Balaban J connectivity index is 2.08. The molecular formula is C13H22N4O2S. The Kier molecular flexibility index (Phi) is 4.95. The second kappa shape index (κ2) is 6.51. The molecule has 1 aliphatic heterocycles. The second-order valence-corrected chi connectivity index (χ2v) is 6.63. The SMILES string of the molecule is CCN1CCCC1CNS(=O)(=O)c1cnccc1NC. The van der Waals surface area contributed by atoms with E-state index in [2.05, 4.69) is 26.8 Å². The Bertz CT molecular complexity index is 547. The van der Waals surface area contributed by atoms with Gasteiger partial charge < -0.3 is 5.32 Å². The fourth-order valence-electron chi connectivity index (χ4n) is 2.63. The van der Waals surface area contributed by atoms with Crippen molar-refractivity contribution in [1.82, 2.24) is 14.6 Å². The number of sulfonamides is 1. The summed E-state index contributed by atoms with van der Waals surface area (Å²) in [5.41, 5.74) is 0.561. The lowest BCUT2D eigenvalue weighted by molar-refractivity contribution is 0.268. The summed E-state index contributed by atoms with van der Waals surface area (Å²) < 4.78 is 27.4. The average Bonchev–Trinajstić information content (AvgIpc) is 2.92. The van der Waals surface area contributed by atoms with Crippen molar-refractivity contribution >= 4 is 15.7 Å². The standard InChI is InChI=1S/C13H22N4O2S/c1-3-17-8-4-5-11(17)9-16-20(18,19)13-10-15-7-6-12(13)14-2/h6-7,10-11,16H,3-5,8-9H2,1-2H3,(H,14,15). The number of anilines is 1. The topological polar surface area (TPSA) is 74.3 Å². The van der Waals surface area contributed by atoms with Gasteiger partial charge in [0.1, 0.15) is 4.90 Å². The first-order chi connectivity index (χ1) is 9.58. The minimum Gasteiger partial charge on any atom is -0.387 e. The molecule has 2 N–H and O–H groups in total. The number of aromatic nitrogens is 1. The lowest BCUT2D eigenvalue weighted by atomic mass is 10.2. The zero-order chi connectivity index (χ0) is 14.6. The van der Waals surface area contributed by atoms with Crippen LogP contribution in [0.15, 0.2) is 23.4 Å². The summed E-state index contributed by atoms with van der Waals surface area (Å²) in [6.07, 6.45) is 5.12. The normalized spacial score (nSPS) is 20.2. The Morgan fingerprint density at radius 2 is 2.30 bits per heavy atom. The highest BCUT2D eigenvalue weighted by atomic mass is 32.2. The molecule has 1 aromatic rings. The summed E-state index contributed by atoms with van der Waals surface area (Å²) in [6, 6.07) is 1.95. The van der Waals surface area contributed by atoms with Crippen LogP contribution in [0.2, 0.25) is 0 Å². The number of pyridine rings is 1.